The van der Waals surface area contributed by atoms with Crippen molar-refractivity contribution in [3.05, 3.63) is 42.2 Å². The van der Waals surface area contributed by atoms with Gasteiger partial charge < -0.3 is 9.88 Å². The number of nitrogens with zero attached hydrogens (tertiary/aromatic N) is 5. The molecule has 1 aromatic carbocycles. The minimum atomic E-state index is -3.59. The first-order valence-corrected chi connectivity index (χ1v) is 12.1. The second-order valence-corrected chi connectivity index (χ2v) is 9.39. The first-order valence-electron chi connectivity index (χ1n) is 10.7. The molecule has 3 rings (SSSR count). The second kappa shape index (κ2) is 10.4. The van der Waals surface area contributed by atoms with Crippen LogP contribution in [0.2, 0.25) is 0 Å². The summed E-state index contributed by atoms with van der Waals surface area (Å²) in [4.78, 5) is 20.8. The molecule has 0 saturated carbocycles. The van der Waals surface area contributed by atoms with Gasteiger partial charge in [0.1, 0.15) is 11.6 Å². The number of alkyl halides is 2. The lowest BCUT2D eigenvalue weighted by atomic mass is 10.2. The van der Waals surface area contributed by atoms with Gasteiger partial charge in [0.2, 0.25) is 15.9 Å². The molecule has 0 bridgehead atoms. The summed E-state index contributed by atoms with van der Waals surface area (Å²) in [6, 6.07) is 4.84. The zero-order valence-electron chi connectivity index (χ0n) is 18.8. The lowest BCUT2D eigenvalue weighted by molar-refractivity contribution is -0.121. The normalized spacial score (nSPS) is 12.2. The smallest absolute Gasteiger partial charge is 0.319 e. The molecular formula is C21H28F2N6O3S. The van der Waals surface area contributed by atoms with Crippen LogP contribution in [0, 0.1) is 0 Å². The molecule has 180 valence electrons. The van der Waals surface area contributed by atoms with Crippen molar-refractivity contribution in [1.29, 1.82) is 0 Å². The largest absolute Gasteiger partial charge is 0.356 e. The van der Waals surface area contributed by atoms with Gasteiger partial charge in [0.15, 0.2) is 0 Å². The van der Waals surface area contributed by atoms with E-state index in [0.29, 0.717) is 30.9 Å². The van der Waals surface area contributed by atoms with Gasteiger partial charge in [0.25, 0.3) is 0 Å². The quantitative estimate of drug-likeness (QED) is 0.452. The predicted octanol–water partition coefficient (Wildman–Crippen LogP) is 2.49. The van der Waals surface area contributed by atoms with Crippen molar-refractivity contribution >= 4 is 27.0 Å². The standard InChI is InChI=1S/C21H28F2N6O3S/c1-4-28(5-2)33(31,32)15-6-7-17-16(14-15)26-19(27(17)3)8-9-20(30)25-11-10-18-24-12-13-29(18)21(22)23/h6-7,12-14,21H,4-5,8-11H2,1-3H3,(H,25,30). The van der Waals surface area contributed by atoms with Crippen molar-refractivity contribution in [2.45, 2.75) is 44.6 Å². The number of carbonyl (C=O) groups excluding carboxylic acids is 1. The molecule has 0 radical (unpaired) electrons. The van der Waals surface area contributed by atoms with Crippen LogP contribution in [0.25, 0.3) is 11.0 Å². The van der Waals surface area contributed by atoms with Crippen LogP contribution < -0.4 is 5.32 Å². The number of nitrogens with one attached hydrogen (secondary N) is 1. The Balaban J connectivity index is 1.63. The average molecular weight is 483 g/mol. The first kappa shape index (κ1) is 24.8. The number of fused-ring (bicyclic) bond motifs is 1. The molecule has 3 aromatic rings. The van der Waals surface area contributed by atoms with Gasteiger partial charge >= 0.3 is 6.55 Å². The fraction of sp³-hybridized carbons (Fsp3) is 0.476. The Bertz CT molecular complexity index is 1220. The molecule has 12 heteroatoms. The summed E-state index contributed by atoms with van der Waals surface area (Å²) in [5, 5.41) is 2.71. The lowest BCUT2D eigenvalue weighted by Gasteiger charge is -2.18. The molecule has 2 aromatic heterocycles. The summed E-state index contributed by atoms with van der Waals surface area (Å²) < 4.78 is 55.2. The van der Waals surface area contributed by atoms with E-state index < -0.39 is 16.6 Å². The monoisotopic (exact) mass is 482 g/mol. The number of carbonyl (C=O) groups is 1. The number of aryl methyl sites for hydroxylation is 2. The van der Waals surface area contributed by atoms with Gasteiger partial charge in [-0.05, 0) is 18.2 Å². The maximum Gasteiger partial charge on any atom is 0.319 e. The zero-order chi connectivity index (χ0) is 24.2. The molecule has 0 spiro atoms. The number of rotatable bonds is 11. The van der Waals surface area contributed by atoms with Gasteiger partial charge in [-0.3, -0.25) is 9.36 Å². The van der Waals surface area contributed by atoms with Crippen LogP contribution in [0.15, 0.2) is 35.5 Å². The number of imidazole rings is 2. The van der Waals surface area contributed by atoms with Crippen LogP contribution in [-0.4, -0.2) is 57.4 Å². The van der Waals surface area contributed by atoms with E-state index in [1.54, 1.807) is 32.0 Å². The molecule has 2 heterocycles. The maximum absolute atomic E-state index is 12.8. The molecule has 0 aliphatic carbocycles. The Labute approximate surface area is 191 Å². The molecule has 0 unspecified atom stereocenters. The van der Waals surface area contributed by atoms with Crippen LogP contribution in [0.5, 0.6) is 0 Å². The fourth-order valence-electron chi connectivity index (χ4n) is 3.67. The molecular weight excluding hydrogens is 454 g/mol. The third-order valence-corrected chi connectivity index (χ3v) is 7.54. The van der Waals surface area contributed by atoms with E-state index in [9.17, 15) is 22.0 Å². The van der Waals surface area contributed by atoms with Gasteiger partial charge in [-0.2, -0.15) is 13.1 Å². The number of amides is 1. The first-order chi connectivity index (χ1) is 15.7. The Morgan fingerprint density at radius 1 is 1.18 bits per heavy atom. The summed E-state index contributed by atoms with van der Waals surface area (Å²) in [5.41, 5.74) is 1.31. The van der Waals surface area contributed by atoms with Crippen LogP contribution in [-0.2, 0) is 34.7 Å². The molecule has 33 heavy (non-hydrogen) atoms. The van der Waals surface area contributed by atoms with Crippen molar-refractivity contribution in [3.8, 4) is 0 Å². The minimum Gasteiger partial charge on any atom is -0.356 e. The van der Waals surface area contributed by atoms with Crippen molar-refractivity contribution in [1.82, 2.24) is 28.7 Å². The van der Waals surface area contributed by atoms with E-state index in [2.05, 4.69) is 15.3 Å². The van der Waals surface area contributed by atoms with E-state index in [0.717, 1.165) is 10.1 Å². The molecule has 1 amide bonds. The number of hydrogen-bond acceptors (Lipinski definition) is 5. The Morgan fingerprint density at radius 3 is 2.58 bits per heavy atom. The highest BCUT2D eigenvalue weighted by Gasteiger charge is 2.23. The van der Waals surface area contributed by atoms with Gasteiger partial charge in [-0.1, -0.05) is 13.8 Å². The van der Waals surface area contributed by atoms with Crippen molar-refractivity contribution in [3.63, 3.8) is 0 Å². The van der Waals surface area contributed by atoms with Crippen LogP contribution in [0.1, 0.15) is 38.5 Å². The molecule has 9 nitrogen and oxygen atoms in total. The predicted molar refractivity (Wildman–Crippen MR) is 119 cm³/mol. The molecule has 0 aliphatic heterocycles. The Morgan fingerprint density at radius 2 is 1.91 bits per heavy atom. The third-order valence-electron chi connectivity index (χ3n) is 5.49. The maximum atomic E-state index is 12.8. The third kappa shape index (κ3) is 5.38. The number of aromatic nitrogens is 4. The lowest BCUT2D eigenvalue weighted by Crippen LogP contribution is -2.30. The molecule has 0 aliphatic rings. The summed E-state index contributed by atoms with van der Waals surface area (Å²) in [6.45, 7) is 1.86. The number of benzene rings is 1. The number of hydrogen-bond donors (Lipinski definition) is 1. The molecule has 0 fully saturated rings. The van der Waals surface area contributed by atoms with Crippen molar-refractivity contribution < 1.29 is 22.0 Å². The number of sulfonamides is 1. The Kier molecular flexibility index (Phi) is 7.80. The average Bonchev–Trinajstić information content (AvgIpc) is 3.37. The van der Waals surface area contributed by atoms with Gasteiger partial charge in [-0.15, -0.1) is 0 Å². The summed E-state index contributed by atoms with van der Waals surface area (Å²) in [5.74, 6) is 0.615. The second-order valence-electron chi connectivity index (χ2n) is 7.46. The fourth-order valence-corrected chi connectivity index (χ4v) is 5.15. The van der Waals surface area contributed by atoms with Gasteiger partial charge in [-0.25, -0.2) is 18.4 Å². The highest BCUT2D eigenvalue weighted by atomic mass is 32.2. The highest BCUT2D eigenvalue weighted by Crippen LogP contribution is 2.22. The highest BCUT2D eigenvalue weighted by molar-refractivity contribution is 7.89. The van der Waals surface area contributed by atoms with E-state index in [-0.39, 0.29) is 36.0 Å². The van der Waals surface area contributed by atoms with E-state index in [1.807, 2.05) is 11.6 Å². The number of halogens is 2. The van der Waals surface area contributed by atoms with Crippen molar-refractivity contribution in [2.75, 3.05) is 19.6 Å². The van der Waals surface area contributed by atoms with E-state index in [1.165, 1.54) is 16.7 Å². The van der Waals surface area contributed by atoms with Crippen LogP contribution >= 0.6 is 0 Å². The van der Waals surface area contributed by atoms with Crippen LogP contribution in [0.4, 0.5) is 8.78 Å². The van der Waals surface area contributed by atoms with Crippen LogP contribution in [0.3, 0.4) is 0 Å². The van der Waals surface area contributed by atoms with E-state index >= 15 is 0 Å². The topological polar surface area (TPSA) is 102 Å². The van der Waals surface area contributed by atoms with Crippen molar-refractivity contribution in [2.24, 2.45) is 7.05 Å². The zero-order valence-corrected chi connectivity index (χ0v) is 19.6. The van der Waals surface area contributed by atoms with Gasteiger partial charge in [0, 0.05) is 58.3 Å². The molecule has 0 atom stereocenters. The minimum absolute atomic E-state index is 0.158. The summed E-state index contributed by atoms with van der Waals surface area (Å²) in [7, 11) is -1.78. The van der Waals surface area contributed by atoms with Gasteiger partial charge in [0.05, 0.1) is 15.9 Å². The Hall–Kier alpha value is -2.86. The SMILES string of the molecule is CCN(CC)S(=O)(=O)c1ccc2c(c1)nc(CCC(=O)NCCc1nccn1C(F)F)n2C. The molecule has 1 N–H and O–H groups in total. The molecule has 0 saturated heterocycles. The summed E-state index contributed by atoms with van der Waals surface area (Å²) >= 11 is 0. The van der Waals surface area contributed by atoms with E-state index in [4.69, 9.17) is 0 Å². The summed E-state index contributed by atoms with van der Waals surface area (Å²) in [6.07, 6.45) is 3.20.